The lowest BCUT2D eigenvalue weighted by molar-refractivity contribution is 0.0239. The molecule has 118 valence electrons. The standard InChI is InChI=1S/C20H20O3/c1-2-18(23-20(21)16-11-7-4-8-12-16)17(19-14-22-19)13-15-9-5-3-6-10-15/h2-12,17-19H,1,13-14H2/t17-,18-,19?/m1/s1. The van der Waals surface area contributed by atoms with Crippen molar-refractivity contribution in [2.24, 2.45) is 5.92 Å². The average molecular weight is 308 g/mol. The molecule has 1 aliphatic rings. The summed E-state index contributed by atoms with van der Waals surface area (Å²) >= 11 is 0. The van der Waals surface area contributed by atoms with Crippen LogP contribution in [0.3, 0.4) is 0 Å². The molecule has 0 aromatic heterocycles. The smallest absolute Gasteiger partial charge is 0.338 e. The first-order valence-electron chi connectivity index (χ1n) is 7.82. The number of hydrogen-bond acceptors (Lipinski definition) is 3. The van der Waals surface area contributed by atoms with Crippen LogP contribution in [-0.2, 0) is 15.9 Å². The van der Waals surface area contributed by atoms with E-state index in [1.807, 2.05) is 36.4 Å². The zero-order valence-electron chi connectivity index (χ0n) is 12.9. The predicted octanol–water partition coefficient (Wildman–Crippen LogP) is 3.66. The van der Waals surface area contributed by atoms with Crippen LogP contribution < -0.4 is 0 Å². The van der Waals surface area contributed by atoms with Gasteiger partial charge in [-0.1, -0.05) is 61.2 Å². The molecule has 2 aromatic rings. The van der Waals surface area contributed by atoms with E-state index < -0.39 is 0 Å². The number of ether oxygens (including phenoxy) is 2. The van der Waals surface area contributed by atoms with Crippen molar-refractivity contribution in [2.45, 2.75) is 18.6 Å². The molecule has 1 saturated heterocycles. The van der Waals surface area contributed by atoms with Gasteiger partial charge in [0.1, 0.15) is 6.10 Å². The Labute approximate surface area is 136 Å². The van der Waals surface area contributed by atoms with Gasteiger partial charge in [-0.25, -0.2) is 4.79 Å². The van der Waals surface area contributed by atoms with Crippen LogP contribution in [0.2, 0.25) is 0 Å². The summed E-state index contributed by atoms with van der Waals surface area (Å²) in [5, 5.41) is 0. The second-order valence-corrected chi connectivity index (χ2v) is 5.70. The van der Waals surface area contributed by atoms with E-state index in [9.17, 15) is 4.79 Å². The highest BCUT2D eigenvalue weighted by Crippen LogP contribution is 2.29. The minimum Gasteiger partial charge on any atom is -0.454 e. The molecule has 3 atom stereocenters. The Balaban J connectivity index is 1.72. The van der Waals surface area contributed by atoms with E-state index in [0.29, 0.717) is 12.2 Å². The van der Waals surface area contributed by atoms with E-state index in [4.69, 9.17) is 9.47 Å². The van der Waals surface area contributed by atoms with E-state index in [-0.39, 0.29) is 24.1 Å². The van der Waals surface area contributed by atoms with E-state index in [1.165, 1.54) is 5.56 Å². The number of hydrogen-bond donors (Lipinski definition) is 0. The van der Waals surface area contributed by atoms with Crippen LogP contribution in [0.5, 0.6) is 0 Å². The molecule has 3 rings (SSSR count). The zero-order chi connectivity index (χ0) is 16.1. The Morgan fingerprint density at radius 1 is 1.17 bits per heavy atom. The summed E-state index contributed by atoms with van der Waals surface area (Å²) in [4.78, 5) is 12.3. The quantitative estimate of drug-likeness (QED) is 0.445. The maximum Gasteiger partial charge on any atom is 0.338 e. The fourth-order valence-electron chi connectivity index (χ4n) is 2.72. The predicted molar refractivity (Wildman–Crippen MR) is 89.2 cm³/mol. The average Bonchev–Trinajstić information content (AvgIpc) is 3.44. The summed E-state index contributed by atoms with van der Waals surface area (Å²) in [6.07, 6.45) is 2.26. The fourth-order valence-corrected chi connectivity index (χ4v) is 2.72. The Morgan fingerprint density at radius 3 is 2.35 bits per heavy atom. The summed E-state index contributed by atoms with van der Waals surface area (Å²) in [5.74, 6) is -0.239. The van der Waals surface area contributed by atoms with Crippen LogP contribution in [0.1, 0.15) is 15.9 Å². The van der Waals surface area contributed by atoms with Crippen molar-refractivity contribution in [1.29, 1.82) is 0 Å². The van der Waals surface area contributed by atoms with Crippen LogP contribution in [0.25, 0.3) is 0 Å². The Hall–Kier alpha value is -2.39. The van der Waals surface area contributed by atoms with Crippen molar-refractivity contribution in [1.82, 2.24) is 0 Å². The molecule has 1 unspecified atom stereocenters. The summed E-state index contributed by atoms with van der Waals surface area (Å²) in [5.41, 5.74) is 1.75. The van der Waals surface area contributed by atoms with Crippen molar-refractivity contribution in [2.75, 3.05) is 6.61 Å². The molecule has 1 aliphatic heterocycles. The molecule has 1 fully saturated rings. The first kappa shape index (κ1) is 15.5. The van der Waals surface area contributed by atoms with Crippen molar-refractivity contribution < 1.29 is 14.3 Å². The molecule has 23 heavy (non-hydrogen) atoms. The largest absolute Gasteiger partial charge is 0.454 e. The molecular weight excluding hydrogens is 288 g/mol. The van der Waals surface area contributed by atoms with Gasteiger partial charge in [0.15, 0.2) is 0 Å². The van der Waals surface area contributed by atoms with Gasteiger partial charge in [-0.05, 0) is 24.1 Å². The molecule has 0 N–H and O–H groups in total. The second kappa shape index (κ2) is 7.25. The van der Waals surface area contributed by atoms with Gasteiger partial charge in [0.05, 0.1) is 18.3 Å². The lowest BCUT2D eigenvalue weighted by Crippen LogP contribution is -2.30. The Kier molecular flexibility index (Phi) is 4.89. The third-order valence-electron chi connectivity index (χ3n) is 4.06. The van der Waals surface area contributed by atoms with Crippen molar-refractivity contribution in [3.8, 4) is 0 Å². The van der Waals surface area contributed by atoms with E-state index in [1.54, 1.807) is 18.2 Å². The number of carbonyl (C=O) groups is 1. The molecule has 0 bridgehead atoms. The number of esters is 1. The van der Waals surface area contributed by atoms with Crippen LogP contribution in [0.15, 0.2) is 73.3 Å². The molecular formula is C20H20O3. The second-order valence-electron chi connectivity index (χ2n) is 5.70. The number of benzene rings is 2. The van der Waals surface area contributed by atoms with Gasteiger partial charge in [0.2, 0.25) is 0 Å². The maximum absolute atomic E-state index is 12.3. The van der Waals surface area contributed by atoms with E-state index in [0.717, 1.165) is 6.42 Å². The molecule has 3 heteroatoms. The topological polar surface area (TPSA) is 38.8 Å². The molecule has 0 aliphatic carbocycles. The minimum absolute atomic E-state index is 0.0857. The van der Waals surface area contributed by atoms with Crippen molar-refractivity contribution in [3.63, 3.8) is 0 Å². The van der Waals surface area contributed by atoms with Gasteiger partial charge in [-0.15, -0.1) is 0 Å². The Bertz CT molecular complexity index is 647. The first-order chi connectivity index (χ1) is 11.3. The van der Waals surface area contributed by atoms with Crippen LogP contribution in [-0.4, -0.2) is 24.8 Å². The van der Waals surface area contributed by atoms with Gasteiger partial charge >= 0.3 is 5.97 Å². The maximum atomic E-state index is 12.3. The van der Waals surface area contributed by atoms with Crippen LogP contribution >= 0.6 is 0 Å². The van der Waals surface area contributed by atoms with E-state index >= 15 is 0 Å². The van der Waals surface area contributed by atoms with Crippen molar-refractivity contribution >= 4 is 5.97 Å². The molecule has 0 saturated carbocycles. The van der Waals surface area contributed by atoms with E-state index in [2.05, 4.69) is 18.7 Å². The molecule has 1 heterocycles. The minimum atomic E-state index is -0.365. The summed E-state index contributed by atoms with van der Waals surface area (Å²) in [6.45, 7) is 4.56. The lowest BCUT2D eigenvalue weighted by Gasteiger charge is -2.23. The third-order valence-corrected chi connectivity index (χ3v) is 4.06. The Morgan fingerprint density at radius 2 is 1.78 bits per heavy atom. The summed E-state index contributed by atoms with van der Waals surface area (Å²) < 4.78 is 11.2. The van der Waals surface area contributed by atoms with Crippen LogP contribution in [0, 0.1) is 5.92 Å². The molecule has 2 aromatic carbocycles. The highest BCUT2D eigenvalue weighted by Gasteiger charge is 2.38. The zero-order valence-corrected chi connectivity index (χ0v) is 12.9. The fraction of sp³-hybridized carbons (Fsp3) is 0.250. The SMILES string of the molecule is C=C[C@@H](OC(=O)c1ccccc1)[C@@H](Cc1ccccc1)C1CO1. The number of epoxide rings is 1. The van der Waals surface area contributed by atoms with Crippen LogP contribution in [0.4, 0.5) is 0 Å². The van der Waals surface area contributed by atoms with Gasteiger partial charge < -0.3 is 9.47 Å². The molecule has 3 nitrogen and oxygen atoms in total. The van der Waals surface area contributed by atoms with Gasteiger partial charge in [-0.2, -0.15) is 0 Å². The lowest BCUT2D eigenvalue weighted by atomic mass is 9.91. The van der Waals surface area contributed by atoms with Crippen molar-refractivity contribution in [3.05, 3.63) is 84.4 Å². The van der Waals surface area contributed by atoms with Gasteiger partial charge in [-0.3, -0.25) is 0 Å². The highest BCUT2D eigenvalue weighted by atomic mass is 16.6. The molecule has 0 amide bonds. The highest BCUT2D eigenvalue weighted by molar-refractivity contribution is 5.89. The normalized spacial score (nSPS) is 18.7. The number of rotatable bonds is 7. The monoisotopic (exact) mass is 308 g/mol. The summed E-state index contributed by atoms with van der Waals surface area (Å²) in [7, 11) is 0. The molecule has 0 radical (unpaired) electrons. The first-order valence-corrected chi connectivity index (χ1v) is 7.82. The van der Waals surface area contributed by atoms with Gasteiger partial charge in [0.25, 0.3) is 0 Å². The summed E-state index contributed by atoms with van der Waals surface area (Å²) in [6, 6.07) is 19.2. The van der Waals surface area contributed by atoms with Gasteiger partial charge in [0, 0.05) is 5.92 Å². The molecule has 0 spiro atoms. The third kappa shape index (κ3) is 4.08. The number of carbonyl (C=O) groups excluding carboxylic acids is 1.